The molecule has 5 rings (SSSR count). The van der Waals surface area contributed by atoms with Gasteiger partial charge in [0.15, 0.2) is 0 Å². The quantitative estimate of drug-likeness (QED) is 0.282. The Morgan fingerprint density at radius 2 is 1.95 bits per heavy atom. The van der Waals surface area contributed by atoms with Crippen LogP contribution in [-0.4, -0.2) is 68.4 Å². The molecule has 1 aliphatic rings. The van der Waals surface area contributed by atoms with Crippen molar-refractivity contribution in [2.24, 2.45) is 5.73 Å². The molecule has 192 valence electrons. The minimum Gasteiger partial charge on any atom is -0.379 e. The van der Waals surface area contributed by atoms with Crippen LogP contribution in [0.15, 0.2) is 53.7 Å². The summed E-state index contributed by atoms with van der Waals surface area (Å²) in [4.78, 5) is 42.2. The molecular weight excluding hydrogens is 479 g/mol. The Bertz CT molecular complexity index is 1450. The zero-order chi connectivity index (χ0) is 25.9. The molecule has 2 unspecified atom stereocenters. The number of aliphatic hydroxyl groups excluding tert-OH is 1. The molecule has 11 heteroatoms. The molecule has 10 nitrogen and oxygen atoms in total. The maximum absolute atomic E-state index is 13.3. The largest absolute Gasteiger partial charge is 0.379 e. The molecule has 1 aromatic carbocycles. The van der Waals surface area contributed by atoms with Gasteiger partial charge in [0.2, 0.25) is 0 Å². The summed E-state index contributed by atoms with van der Waals surface area (Å²) >= 11 is 0. The highest BCUT2D eigenvalue weighted by Crippen LogP contribution is 2.32. The van der Waals surface area contributed by atoms with Crippen LogP contribution >= 0.6 is 0 Å². The smallest absolute Gasteiger partial charge is 0.261 e. The monoisotopic (exact) mass is 506 g/mol. The molecule has 1 fully saturated rings. The van der Waals surface area contributed by atoms with E-state index >= 15 is 0 Å². The topological polar surface area (TPSA) is 150 Å². The molecule has 0 spiro atoms. The van der Waals surface area contributed by atoms with Gasteiger partial charge in [0, 0.05) is 49.6 Å². The van der Waals surface area contributed by atoms with E-state index in [4.69, 9.17) is 10.5 Å². The summed E-state index contributed by atoms with van der Waals surface area (Å²) in [5.41, 5.74) is 7.48. The van der Waals surface area contributed by atoms with Crippen molar-refractivity contribution in [3.05, 3.63) is 93.2 Å². The minimum atomic E-state index is -1.06. The van der Waals surface area contributed by atoms with Crippen molar-refractivity contribution in [3.8, 4) is 0 Å². The second kappa shape index (κ2) is 10.6. The Morgan fingerprint density at radius 1 is 1.19 bits per heavy atom. The lowest BCUT2D eigenvalue weighted by atomic mass is 9.87. The first kappa shape index (κ1) is 24.8. The van der Waals surface area contributed by atoms with Crippen molar-refractivity contribution in [1.82, 2.24) is 24.8 Å². The van der Waals surface area contributed by atoms with Gasteiger partial charge >= 0.3 is 0 Å². The van der Waals surface area contributed by atoms with E-state index in [1.165, 1.54) is 12.1 Å². The van der Waals surface area contributed by atoms with E-state index in [0.717, 1.165) is 11.1 Å². The third-order valence-electron chi connectivity index (χ3n) is 6.63. The summed E-state index contributed by atoms with van der Waals surface area (Å²) in [7, 11) is 0. The summed E-state index contributed by atoms with van der Waals surface area (Å²) in [6.45, 7) is 1.87. The van der Waals surface area contributed by atoms with Crippen molar-refractivity contribution in [2.75, 3.05) is 26.3 Å². The van der Waals surface area contributed by atoms with E-state index in [9.17, 15) is 19.1 Å². The van der Waals surface area contributed by atoms with Crippen LogP contribution in [0.2, 0.25) is 0 Å². The second-order valence-electron chi connectivity index (χ2n) is 9.06. The number of rotatable bonds is 8. The Morgan fingerprint density at radius 3 is 2.62 bits per heavy atom. The molecule has 4 aromatic rings. The highest BCUT2D eigenvalue weighted by atomic mass is 19.1. The van der Waals surface area contributed by atoms with Crippen molar-refractivity contribution in [3.63, 3.8) is 0 Å². The van der Waals surface area contributed by atoms with Gasteiger partial charge in [0.25, 0.3) is 11.5 Å². The van der Waals surface area contributed by atoms with Crippen LogP contribution in [0.5, 0.6) is 0 Å². The summed E-state index contributed by atoms with van der Waals surface area (Å²) in [6, 6.07) is 7.90. The number of morpholine rings is 1. The summed E-state index contributed by atoms with van der Waals surface area (Å²) in [6.07, 6.45) is 4.52. The molecule has 0 radical (unpaired) electrons. The summed E-state index contributed by atoms with van der Waals surface area (Å²) in [5.74, 6) is -1.40. The third-order valence-corrected chi connectivity index (χ3v) is 6.63. The fourth-order valence-corrected chi connectivity index (χ4v) is 4.85. The number of amides is 1. The van der Waals surface area contributed by atoms with E-state index < -0.39 is 23.6 Å². The third kappa shape index (κ3) is 5.29. The Labute approximate surface area is 211 Å². The number of aromatic amines is 2. The average molecular weight is 507 g/mol. The van der Waals surface area contributed by atoms with Gasteiger partial charge in [-0.05, 0) is 35.7 Å². The standard InChI is InChI=1S/C26H27FN6O4/c27-17-3-1-15(2-4-17)11-16-12-19-23(31-14-16)21(22(24(28)34)25(35)32-19)18(13-20-29-5-6-30-20)26(36)33-7-9-37-10-8-33/h1-6,12,14,18,26,36H,7-11,13H2,(H2,28,34)(H,29,30)(H,32,35). The first-order valence-electron chi connectivity index (χ1n) is 12.0. The van der Waals surface area contributed by atoms with E-state index in [-0.39, 0.29) is 23.4 Å². The van der Waals surface area contributed by atoms with Crippen molar-refractivity contribution in [1.29, 1.82) is 0 Å². The van der Waals surface area contributed by atoms with Crippen LogP contribution in [0.4, 0.5) is 4.39 Å². The maximum Gasteiger partial charge on any atom is 0.261 e. The molecule has 37 heavy (non-hydrogen) atoms. The number of carbonyl (C=O) groups excluding carboxylic acids is 1. The second-order valence-corrected chi connectivity index (χ2v) is 9.06. The van der Waals surface area contributed by atoms with Crippen molar-refractivity contribution in [2.45, 2.75) is 25.0 Å². The first-order valence-corrected chi connectivity index (χ1v) is 12.0. The van der Waals surface area contributed by atoms with Gasteiger partial charge in [-0.15, -0.1) is 0 Å². The number of halogens is 1. The number of hydrogen-bond acceptors (Lipinski definition) is 7. The maximum atomic E-state index is 13.3. The van der Waals surface area contributed by atoms with E-state index in [1.54, 1.807) is 36.8 Å². The number of nitrogens with two attached hydrogens (primary N) is 1. The molecule has 2 atom stereocenters. The number of aliphatic hydroxyl groups is 1. The van der Waals surface area contributed by atoms with Crippen LogP contribution in [0.3, 0.4) is 0 Å². The lowest BCUT2D eigenvalue weighted by molar-refractivity contribution is -0.0706. The van der Waals surface area contributed by atoms with E-state index in [0.29, 0.717) is 49.6 Å². The number of imidazole rings is 1. The molecule has 5 N–H and O–H groups in total. The fraction of sp³-hybridized carbons (Fsp3) is 0.308. The van der Waals surface area contributed by atoms with Crippen molar-refractivity contribution < 1.29 is 19.0 Å². The number of fused-ring (bicyclic) bond motifs is 1. The number of hydrogen-bond donors (Lipinski definition) is 4. The Balaban J connectivity index is 1.63. The van der Waals surface area contributed by atoms with Crippen molar-refractivity contribution >= 4 is 16.9 Å². The van der Waals surface area contributed by atoms with Crippen LogP contribution in [0, 0.1) is 5.82 Å². The highest BCUT2D eigenvalue weighted by Gasteiger charge is 2.34. The number of nitrogens with one attached hydrogen (secondary N) is 2. The normalized spacial score (nSPS) is 16.1. The number of ether oxygens (including phenoxy) is 1. The van der Waals surface area contributed by atoms with Crippen LogP contribution in [-0.2, 0) is 17.6 Å². The number of aromatic nitrogens is 4. The van der Waals surface area contributed by atoms with Gasteiger partial charge in [0.05, 0.1) is 24.2 Å². The summed E-state index contributed by atoms with van der Waals surface area (Å²) in [5, 5.41) is 11.5. The Hall–Kier alpha value is -3.93. The SMILES string of the molecule is NC(=O)c1c(C(Cc2ncc[nH]2)C(O)N2CCOCC2)c2ncc(Cc3ccc(F)cc3)cc2[nH]c1=O. The molecule has 3 aromatic heterocycles. The zero-order valence-electron chi connectivity index (χ0n) is 20.0. The Kier molecular flexibility index (Phi) is 7.08. The number of nitrogens with zero attached hydrogens (tertiary/aromatic N) is 3. The van der Waals surface area contributed by atoms with Crippen LogP contribution < -0.4 is 11.3 Å². The van der Waals surface area contributed by atoms with E-state index in [2.05, 4.69) is 19.9 Å². The number of benzene rings is 1. The number of pyridine rings is 2. The first-order chi connectivity index (χ1) is 17.9. The molecule has 4 heterocycles. The lowest BCUT2D eigenvalue weighted by Crippen LogP contribution is -2.47. The predicted molar refractivity (Wildman–Crippen MR) is 134 cm³/mol. The highest BCUT2D eigenvalue weighted by molar-refractivity contribution is 5.98. The van der Waals surface area contributed by atoms with Crippen LogP contribution in [0.1, 0.15) is 38.8 Å². The molecular formula is C26H27FN6O4. The fourth-order valence-electron chi connectivity index (χ4n) is 4.85. The number of H-pyrrole nitrogens is 2. The van der Waals surface area contributed by atoms with E-state index in [1.807, 2.05) is 4.90 Å². The van der Waals surface area contributed by atoms with Gasteiger partial charge < -0.3 is 25.5 Å². The summed E-state index contributed by atoms with van der Waals surface area (Å²) < 4.78 is 18.7. The molecule has 0 aliphatic carbocycles. The molecule has 0 saturated carbocycles. The van der Waals surface area contributed by atoms with Gasteiger partial charge in [-0.3, -0.25) is 19.5 Å². The van der Waals surface area contributed by atoms with Gasteiger partial charge in [-0.1, -0.05) is 12.1 Å². The zero-order valence-corrected chi connectivity index (χ0v) is 20.0. The number of primary amides is 1. The van der Waals surface area contributed by atoms with Crippen LogP contribution in [0.25, 0.3) is 11.0 Å². The lowest BCUT2D eigenvalue weighted by Gasteiger charge is -2.36. The van der Waals surface area contributed by atoms with Gasteiger partial charge in [-0.25, -0.2) is 9.37 Å². The minimum absolute atomic E-state index is 0.212. The molecule has 1 aliphatic heterocycles. The molecule has 1 amide bonds. The van der Waals surface area contributed by atoms with Gasteiger partial charge in [-0.2, -0.15) is 0 Å². The number of carbonyl (C=O) groups is 1. The predicted octanol–water partition coefficient (Wildman–Crippen LogP) is 1.45. The average Bonchev–Trinajstić information content (AvgIpc) is 3.41. The molecule has 0 bridgehead atoms. The molecule has 1 saturated heterocycles. The van der Waals surface area contributed by atoms with Gasteiger partial charge in [0.1, 0.15) is 23.4 Å².